The van der Waals surface area contributed by atoms with Crippen molar-refractivity contribution in [2.24, 2.45) is 0 Å². The topological polar surface area (TPSA) is 32.9 Å². The number of aromatic nitrogens is 1. The van der Waals surface area contributed by atoms with Crippen molar-refractivity contribution in [2.75, 3.05) is 0 Å². The lowest BCUT2D eigenvalue weighted by Crippen LogP contribution is -2.04. The van der Waals surface area contributed by atoms with Crippen LogP contribution >= 0.6 is 15.9 Å². The number of hydrogen-bond acceptors (Lipinski definition) is 1. The van der Waals surface area contributed by atoms with Gasteiger partial charge in [0.2, 0.25) is 0 Å². The lowest BCUT2D eigenvalue weighted by Gasteiger charge is -2.04. The molecular formula is C14H14BrNO. The average molecular weight is 292 g/mol. The summed E-state index contributed by atoms with van der Waals surface area (Å²) in [5, 5.41) is 0. The highest BCUT2D eigenvalue weighted by Crippen LogP contribution is 2.22. The molecule has 3 heteroatoms. The van der Waals surface area contributed by atoms with Crippen LogP contribution in [-0.4, -0.2) is 10.8 Å². The maximum absolute atomic E-state index is 12.4. The highest BCUT2D eigenvalue weighted by molar-refractivity contribution is 9.10. The molecule has 0 saturated carbocycles. The average Bonchev–Trinajstić information content (AvgIpc) is 2.62. The van der Waals surface area contributed by atoms with Gasteiger partial charge in [-0.3, -0.25) is 4.79 Å². The molecular weight excluding hydrogens is 278 g/mol. The van der Waals surface area contributed by atoms with Crippen LogP contribution in [0.4, 0.5) is 0 Å². The molecule has 0 unspecified atom stereocenters. The minimum Gasteiger partial charge on any atom is -0.364 e. The van der Waals surface area contributed by atoms with Crippen LogP contribution in [0.1, 0.15) is 32.7 Å². The van der Waals surface area contributed by atoms with Crippen molar-refractivity contribution < 1.29 is 4.79 Å². The molecule has 1 aromatic carbocycles. The molecule has 0 radical (unpaired) electrons. The summed E-state index contributed by atoms with van der Waals surface area (Å²) in [6, 6.07) is 5.70. The van der Waals surface area contributed by atoms with Crippen molar-refractivity contribution in [3.63, 3.8) is 0 Å². The standard InChI is InChI=1S/C14H14BrNO/c1-8-4-5-11(6-12(8)15)14(17)13-9(2)7-16-10(13)3/h4-7,16H,1-3H3. The second-order valence-electron chi connectivity index (χ2n) is 4.26. The molecule has 0 aliphatic rings. The number of nitrogens with one attached hydrogen (secondary N) is 1. The number of H-pyrrole nitrogens is 1. The maximum atomic E-state index is 12.4. The summed E-state index contributed by atoms with van der Waals surface area (Å²) in [6.07, 6.45) is 1.87. The minimum atomic E-state index is 0.0713. The highest BCUT2D eigenvalue weighted by Gasteiger charge is 2.16. The number of rotatable bonds is 2. The lowest BCUT2D eigenvalue weighted by molar-refractivity contribution is 0.103. The van der Waals surface area contributed by atoms with Gasteiger partial charge in [0, 0.05) is 27.5 Å². The fraction of sp³-hybridized carbons (Fsp3) is 0.214. The van der Waals surface area contributed by atoms with Crippen LogP contribution in [0.5, 0.6) is 0 Å². The van der Waals surface area contributed by atoms with Gasteiger partial charge in [-0.15, -0.1) is 0 Å². The summed E-state index contributed by atoms with van der Waals surface area (Å²) in [4.78, 5) is 15.5. The van der Waals surface area contributed by atoms with Gasteiger partial charge in [-0.1, -0.05) is 28.1 Å². The third kappa shape index (κ3) is 2.20. The van der Waals surface area contributed by atoms with Gasteiger partial charge in [-0.2, -0.15) is 0 Å². The second kappa shape index (κ2) is 4.49. The first kappa shape index (κ1) is 12.1. The number of hydrogen-bond donors (Lipinski definition) is 1. The van der Waals surface area contributed by atoms with E-state index in [1.807, 2.05) is 45.2 Å². The summed E-state index contributed by atoms with van der Waals surface area (Å²) < 4.78 is 0.967. The molecule has 88 valence electrons. The van der Waals surface area contributed by atoms with Gasteiger partial charge in [0.05, 0.1) is 0 Å². The third-order valence-corrected chi connectivity index (χ3v) is 3.79. The van der Waals surface area contributed by atoms with Crippen molar-refractivity contribution in [2.45, 2.75) is 20.8 Å². The molecule has 0 spiro atoms. The first-order chi connectivity index (χ1) is 8.00. The summed E-state index contributed by atoms with van der Waals surface area (Å²) in [6.45, 7) is 5.87. The molecule has 0 atom stereocenters. The fourth-order valence-corrected chi connectivity index (χ4v) is 2.26. The summed E-state index contributed by atoms with van der Waals surface area (Å²) in [5.41, 5.74) is 4.53. The second-order valence-corrected chi connectivity index (χ2v) is 5.12. The summed E-state index contributed by atoms with van der Waals surface area (Å²) >= 11 is 3.45. The van der Waals surface area contributed by atoms with Crippen molar-refractivity contribution in [1.29, 1.82) is 0 Å². The van der Waals surface area contributed by atoms with Crippen LogP contribution < -0.4 is 0 Å². The molecule has 0 saturated heterocycles. The van der Waals surface area contributed by atoms with E-state index in [0.29, 0.717) is 5.56 Å². The zero-order valence-corrected chi connectivity index (χ0v) is 11.7. The van der Waals surface area contributed by atoms with Crippen LogP contribution in [0.25, 0.3) is 0 Å². The first-order valence-electron chi connectivity index (χ1n) is 5.46. The van der Waals surface area contributed by atoms with Gasteiger partial charge in [-0.25, -0.2) is 0 Å². The van der Waals surface area contributed by atoms with E-state index in [9.17, 15) is 4.79 Å². The Bertz CT molecular complexity index is 564. The smallest absolute Gasteiger partial charge is 0.195 e. The molecule has 0 amide bonds. The molecule has 1 N–H and O–H groups in total. The molecule has 0 aliphatic heterocycles. The van der Waals surface area contributed by atoms with Crippen molar-refractivity contribution >= 4 is 21.7 Å². The van der Waals surface area contributed by atoms with Gasteiger partial charge in [0.25, 0.3) is 0 Å². The first-order valence-corrected chi connectivity index (χ1v) is 6.25. The summed E-state index contributed by atoms with van der Waals surface area (Å²) in [7, 11) is 0. The maximum Gasteiger partial charge on any atom is 0.195 e. The summed E-state index contributed by atoms with van der Waals surface area (Å²) in [5.74, 6) is 0.0713. The third-order valence-electron chi connectivity index (χ3n) is 2.94. The number of benzene rings is 1. The van der Waals surface area contributed by atoms with E-state index in [0.717, 1.165) is 26.9 Å². The zero-order valence-electron chi connectivity index (χ0n) is 10.1. The lowest BCUT2D eigenvalue weighted by atomic mass is 10.00. The number of ketones is 1. The SMILES string of the molecule is Cc1ccc(C(=O)c2c(C)c[nH]c2C)cc1Br. The Balaban J connectivity index is 2.48. The van der Waals surface area contributed by atoms with Crippen LogP contribution in [0.3, 0.4) is 0 Å². The molecule has 0 bridgehead atoms. The van der Waals surface area contributed by atoms with Crippen molar-refractivity contribution in [3.8, 4) is 0 Å². The number of carbonyl (C=O) groups is 1. The Morgan fingerprint density at radius 2 is 1.88 bits per heavy atom. The Morgan fingerprint density at radius 3 is 2.41 bits per heavy atom. The quantitative estimate of drug-likeness (QED) is 0.836. The van der Waals surface area contributed by atoms with Crippen LogP contribution in [0, 0.1) is 20.8 Å². The monoisotopic (exact) mass is 291 g/mol. The van der Waals surface area contributed by atoms with Crippen LogP contribution in [0.15, 0.2) is 28.9 Å². The highest BCUT2D eigenvalue weighted by atomic mass is 79.9. The van der Waals surface area contributed by atoms with Gasteiger partial charge in [0.1, 0.15) is 0 Å². The molecule has 0 fully saturated rings. The zero-order chi connectivity index (χ0) is 12.6. The van der Waals surface area contributed by atoms with E-state index in [-0.39, 0.29) is 5.78 Å². The molecule has 2 aromatic rings. The predicted octanol–water partition coefficient (Wildman–Crippen LogP) is 3.93. The van der Waals surface area contributed by atoms with E-state index in [1.165, 1.54) is 0 Å². The van der Waals surface area contributed by atoms with E-state index in [2.05, 4.69) is 20.9 Å². The Kier molecular flexibility index (Phi) is 3.20. The molecule has 2 rings (SSSR count). The van der Waals surface area contributed by atoms with Gasteiger partial charge >= 0.3 is 0 Å². The minimum absolute atomic E-state index is 0.0713. The van der Waals surface area contributed by atoms with Gasteiger partial charge in [-0.05, 0) is 38.0 Å². The van der Waals surface area contributed by atoms with Crippen molar-refractivity contribution in [3.05, 3.63) is 56.8 Å². The van der Waals surface area contributed by atoms with Gasteiger partial charge < -0.3 is 4.98 Å². The van der Waals surface area contributed by atoms with Crippen LogP contribution in [-0.2, 0) is 0 Å². The Morgan fingerprint density at radius 1 is 1.18 bits per heavy atom. The Hall–Kier alpha value is -1.35. The van der Waals surface area contributed by atoms with E-state index in [4.69, 9.17) is 0 Å². The molecule has 0 aliphatic carbocycles. The van der Waals surface area contributed by atoms with E-state index < -0.39 is 0 Å². The van der Waals surface area contributed by atoms with Gasteiger partial charge in [0.15, 0.2) is 5.78 Å². The van der Waals surface area contributed by atoms with E-state index in [1.54, 1.807) is 0 Å². The molecule has 1 aromatic heterocycles. The number of aryl methyl sites for hydroxylation is 3. The molecule has 1 heterocycles. The van der Waals surface area contributed by atoms with E-state index >= 15 is 0 Å². The van der Waals surface area contributed by atoms with Crippen molar-refractivity contribution in [1.82, 2.24) is 4.98 Å². The number of halogens is 1. The predicted molar refractivity (Wildman–Crippen MR) is 72.6 cm³/mol. The molecule has 2 nitrogen and oxygen atoms in total. The largest absolute Gasteiger partial charge is 0.364 e. The normalized spacial score (nSPS) is 10.6. The molecule has 17 heavy (non-hydrogen) atoms. The van der Waals surface area contributed by atoms with Crippen LogP contribution in [0.2, 0.25) is 0 Å². The number of aromatic amines is 1. The Labute approximate surface area is 109 Å². The number of carbonyl (C=O) groups excluding carboxylic acids is 1. The fourth-order valence-electron chi connectivity index (χ4n) is 1.88.